The van der Waals surface area contributed by atoms with E-state index in [-0.39, 0.29) is 11.3 Å². The number of amides is 1. The van der Waals surface area contributed by atoms with Crippen molar-refractivity contribution < 1.29 is 4.79 Å². The quantitative estimate of drug-likeness (QED) is 0.810. The highest BCUT2D eigenvalue weighted by Crippen LogP contribution is 2.58. The molecule has 2 aliphatic carbocycles. The average molecular weight is 380 g/mol. The lowest BCUT2D eigenvalue weighted by Crippen LogP contribution is -2.49. The number of hydrogen-bond donors (Lipinski definition) is 1. The first kappa shape index (κ1) is 16.8. The van der Waals surface area contributed by atoms with Crippen LogP contribution in [0.15, 0.2) is 47.5 Å². The van der Waals surface area contributed by atoms with Crippen LogP contribution in [0.5, 0.6) is 0 Å². The van der Waals surface area contributed by atoms with Gasteiger partial charge < -0.3 is 5.73 Å². The van der Waals surface area contributed by atoms with Crippen LogP contribution >= 0.6 is 11.6 Å². The van der Waals surface area contributed by atoms with E-state index < -0.39 is 5.54 Å². The first-order chi connectivity index (χ1) is 12.9. The standard InChI is InChI=1S/C22H22ClN3O/c1-26-19(27)22(25-20(26)24)13-21(8-3-9-21)12-16-7-6-15(11-18(16)22)14-4-2-5-17(23)10-14/h2,4-7,10-11H,3,8-9,12-13H2,1H3,(H2,24,25). The van der Waals surface area contributed by atoms with E-state index in [2.05, 4.69) is 18.2 Å². The Hall–Kier alpha value is -2.33. The Morgan fingerprint density at radius 1 is 1.15 bits per heavy atom. The van der Waals surface area contributed by atoms with Crippen molar-refractivity contribution in [1.29, 1.82) is 0 Å². The third-order valence-electron chi connectivity index (χ3n) is 6.63. The SMILES string of the molecule is CN1C(=O)C2(CC3(CCC3)Cc3ccc(-c4cccc(Cl)c4)cc32)N=C1N. The molecule has 138 valence electrons. The van der Waals surface area contributed by atoms with Gasteiger partial charge in [-0.3, -0.25) is 9.69 Å². The monoisotopic (exact) mass is 379 g/mol. The number of carbonyl (C=O) groups is 1. The lowest BCUT2D eigenvalue weighted by molar-refractivity contribution is -0.133. The molecule has 1 heterocycles. The van der Waals surface area contributed by atoms with Gasteiger partial charge in [0.15, 0.2) is 11.5 Å². The summed E-state index contributed by atoms with van der Waals surface area (Å²) in [4.78, 5) is 19.6. The van der Waals surface area contributed by atoms with Crippen LogP contribution in [0, 0.1) is 5.41 Å². The minimum atomic E-state index is -0.874. The lowest BCUT2D eigenvalue weighted by atomic mass is 9.55. The van der Waals surface area contributed by atoms with Gasteiger partial charge >= 0.3 is 0 Å². The van der Waals surface area contributed by atoms with Crippen LogP contribution in [0.2, 0.25) is 5.02 Å². The summed E-state index contributed by atoms with van der Waals surface area (Å²) in [6, 6.07) is 14.2. The minimum Gasteiger partial charge on any atom is -0.369 e. The molecule has 0 radical (unpaired) electrons. The summed E-state index contributed by atoms with van der Waals surface area (Å²) < 4.78 is 0. The average Bonchev–Trinajstić information content (AvgIpc) is 2.84. The number of aliphatic imine (C=N–C) groups is 1. The molecule has 27 heavy (non-hydrogen) atoms. The van der Waals surface area contributed by atoms with Gasteiger partial charge in [0.2, 0.25) is 0 Å². The van der Waals surface area contributed by atoms with Crippen LogP contribution in [-0.2, 0) is 16.8 Å². The molecule has 4 nitrogen and oxygen atoms in total. The Balaban J connectivity index is 1.70. The molecule has 2 aromatic carbocycles. The molecule has 1 unspecified atom stereocenters. The van der Waals surface area contributed by atoms with Gasteiger partial charge in [0.05, 0.1) is 0 Å². The Kier molecular flexibility index (Phi) is 3.48. The third-order valence-corrected chi connectivity index (χ3v) is 6.87. The number of halogens is 1. The van der Waals surface area contributed by atoms with Gasteiger partial charge in [0.1, 0.15) is 0 Å². The van der Waals surface area contributed by atoms with Crippen molar-refractivity contribution in [3.63, 3.8) is 0 Å². The number of likely N-dealkylation sites (N-methyl/N-ethyl adjacent to an activating group) is 1. The first-order valence-electron chi connectivity index (χ1n) is 9.45. The predicted octanol–water partition coefficient (Wildman–Crippen LogP) is 4.11. The summed E-state index contributed by atoms with van der Waals surface area (Å²) in [6.45, 7) is 0. The van der Waals surface area contributed by atoms with Crippen molar-refractivity contribution in [3.8, 4) is 11.1 Å². The largest absolute Gasteiger partial charge is 0.369 e. The molecule has 1 aliphatic heterocycles. The van der Waals surface area contributed by atoms with Gasteiger partial charge in [-0.1, -0.05) is 42.3 Å². The van der Waals surface area contributed by atoms with Crippen molar-refractivity contribution in [2.75, 3.05) is 7.05 Å². The highest BCUT2D eigenvalue weighted by molar-refractivity contribution is 6.30. The topological polar surface area (TPSA) is 58.7 Å². The van der Waals surface area contributed by atoms with Gasteiger partial charge in [-0.05, 0) is 71.6 Å². The van der Waals surface area contributed by atoms with Crippen LogP contribution in [0.25, 0.3) is 11.1 Å². The van der Waals surface area contributed by atoms with Crippen LogP contribution in [0.3, 0.4) is 0 Å². The number of fused-ring (bicyclic) bond motifs is 2. The molecule has 1 amide bonds. The molecule has 5 heteroatoms. The number of hydrogen-bond acceptors (Lipinski definition) is 3. The van der Waals surface area contributed by atoms with Crippen LogP contribution in [0.4, 0.5) is 0 Å². The molecule has 1 atom stereocenters. The van der Waals surface area contributed by atoms with E-state index in [9.17, 15) is 4.79 Å². The summed E-state index contributed by atoms with van der Waals surface area (Å²) in [6.07, 6.45) is 5.34. The maximum absolute atomic E-state index is 13.3. The lowest BCUT2D eigenvalue weighted by Gasteiger charge is -2.50. The fraction of sp³-hybridized carbons (Fsp3) is 0.364. The molecule has 2 N–H and O–H groups in total. The summed E-state index contributed by atoms with van der Waals surface area (Å²) in [5.74, 6) is 0.311. The van der Waals surface area contributed by atoms with Gasteiger partial charge in [-0.15, -0.1) is 0 Å². The smallest absolute Gasteiger partial charge is 0.261 e. The minimum absolute atomic E-state index is 0.00420. The molecule has 2 aromatic rings. The zero-order valence-electron chi connectivity index (χ0n) is 15.3. The fourth-order valence-corrected chi connectivity index (χ4v) is 5.28. The molecule has 1 fully saturated rings. The highest BCUT2D eigenvalue weighted by Gasteiger charge is 2.57. The number of carbonyl (C=O) groups excluding carboxylic acids is 1. The summed E-state index contributed by atoms with van der Waals surface area (Å²) in [7, 11) is 1.72. The van der Waals surface area contributed by atoms with E-state index in [0.29, 0.717) is 11.0 Å². The number of nitrogens with two attached hydrogens (primary N) is 1. The molecular weight excluding hydrogens is 358 g/mol. The molecule has 3 aliphatic rings. The molecule has 0 aromatic heterocycles. The number of rotatable bonds is 1. The third kappa shape index (κ3) is 2.36. The molecule has 1 saturated carbocycles. The molecule has 5 rings (SSSR count). The number of benzene rings is 2. The van der Waals surface area contributed by atoms with Crippen LogP contribution in [-0.4, -0.2) is 23.8 Å². The van der Waals surface area contributed by atoms with E-state index in [1.807, 2.05) is 24.3 Å². The van der Waals surface area contributed by atoms with Crippen LogP contribution < -0.4 is 5.73 Å². The Morgan fingerprint density at radius 3 is 2.56 bits per heavy atom. The second kappa shape index (κ2) is 5.59. The molecule has 0 bridgehead atoms. The van der Waals surface area contributed by atoms with Gasteiger partial charge in [0.25, 0.3) is 5.91 Å². The first-order valence-corrected chi connectivity index (χ1v) is 9.83. The maximum Gasteiger partial charge on any atom is 0.261 e. The molecule has 2 spiro atoms. The molecule has 0 saturated heterocycles. The van der Waals surface area contributed by atoms with Gasteiger partial charge in [-0.2, -0.15) is 0 Å². The van der Waals surface area contributed by atoms with E-state index in [1.54, 1.807) is 7.05 Å². The maximum atomic E-state index is 13.3. The Morgan fingerprint density at radius 2 is 1.93 bits per heavy atom. The van der Waals surface area contributed by atoms with Gasteiger partial charge in [0, 0.05) is 12.1 Å². The Bertz CT molecular complexity index is 995. The van der Waals surface area contributed by atoms with Crippen molar-refractivity contribution in [2.45, 2.75) is 37.6 Å². The normalized spacial score (nSPS) is 25.5. The van der Waals surface area contributed by atoms with E-state index in [0.717, 1.165) is 42.4 Å². The Labute approximate surface area is 164 Å². The summed E-state index contributed by atoms with van der Waals surface area (Å²) >= 11 is 6.18. The summed E-state index contributed by atoms with van der Waals surface area (Å²) in [5, 5.41) is 0.701. The van der Waals surface area contributed by atoms with E-state index in [4.69, 9.17) is 22.3 Å². The second-order valence-corrected chi connectivity index (χ2v) is 8.72. The van der Waals surface area contributed by atoms with Gasteiger partial charge in [-0.25, -0.2) is 4.99 Å². The molecular formula is C22H22ClN3O. The van der Waals surface area contributed by atoms with Crippen LogP contribution in [0.1, 0.15) is 36.8 Å². The second-order valence-electron chi connectivity index (χ2n) is 8.28. The van der Waals surface area contributed by atoms with Crippen molar-refractivity contribution >= 4 is 23.5 Å². The van der Waals surface area contributed by atoms with Crippen molar-refractivity contribution in [3.05, 3.63) is 58.6 Å². The fourth-order valence-electron chi connectivity index (χ4n) is 5.09. The zero-order valence-corrected chi connectivity index (χ0v) is 16.1. The van der Waals surface area contributed by atoms with E-state index >= 15 is 0 Å². The van der Waals surface area contributed by atoms with Crippen molar-refractivity contribution in [2.24, 2.45) is 16.1 Å². The zero-order chi connectivity index (χ0) is 18.8. The number of guanidine groups is 1. The predicted molar refractivity (Wildman–Crippen MR) is 108 cm³/mol. The number of nitrogens with zero attached hydrogens (tertiary/aromatic N) is 2. The van der Waals surface area contributed by atoms with E-state index in [1.165, 1.54) is 16.9 Å². The summed E-state index contributed by atoms with van der Waals surface area (Å²) in [5.41, 5.74) is 9.73. The highest BCUT2D eigenvalue weighted by atomic mass is 35.5. The van der Waals surface area contributed by atoms with Crippen molar-refractivity contribution in [1.82, 2.24) is 4.90 Å².